The zero-order chi connectivity index (χ0) is 18.2. The average Bonchev–Trinajstić information content (AvgIpc) is 3.42. The first-order valence-corrected chi connectivity index (χ1v) is 9.74. The van der Waals surface area contributed by atoms with Crippen LogP contribution in [0.15, 0.2) is 35.3 Å². The van der Waals surface area contributed by atoms with Gasteiger partial charge in [-0.2, -0.15) is 0 Å². The van der Waals surface area contributed by atoms with Crippen LogP contribution in [0.3, 0.4) is 0 Å². The highest BCUT2D eigenvalue weighted by Gasteiger charge is 2.30. The highest BCUT2D eigenvalue weighted by atomic mass is 16.5. The Hall–Kier alpha value is -2.08. The lowest BCUT2D eigenvalue weighted by Gasteiger charge is -2.18. The van der Waals surface area contributed by atoms with Crippen molar-refractivity contribution in [3.8, 4) is 0 Å². The van der Waals surface area contributed by atoms with E-state index >= 15 is 0 Å². The fraction of sp³-hybridized carbons (Fsp3) is 0.600. The second-order valence-electron chi connectivity index (χ2n) is 6.96. The Morgan fingerprint density at radius 1 is 1.12 bits per heavy atom. The first kappa shape index (κ1) is 18.7. The Labute approximate surface area is 155 Å². The molecule has 2 unspecified atom stereocenters. The van der Waals surface area contributed by atoms with Crippen molar-refractivity contribution in [2.75, 3.05) is 32.8 Å². The quantitative estimate of drug-likeness (QED) is 0.377. The molecular formula is C20H30N4O2. The van der Waals surface area contributed by atoms with Gasteiger partial charge in [0.1, 0.15) is 0 Å². The second kappa shape index (κ2) is 9.57. The van der Waals surface area contributed by atoms with Crippen LogP contribution in [-0.4, -0.2) is 44.7 Å². The van der Waals surface area contributed by atoms with Crippen LogP contribution in [0.25, 0.3) is 0 Å². The zero-order valence-electron chi connectivity index (χ0n) is 15.5. The second-order valence-corrected chi connectivity index (χ2v) is 6.96. The number of guanidine groups is 1. The number of hydrogen-bond donors (Lipinski definition) is 3. The van der Waals surface area contributed by atoms with Gasteiger partial charge in [-0.1, -0.05) is 30.3 Å². The van der Waals surface area contributed by atoms with Gasteiger partial charge in [-0.3, -0.25) is 9.79 Å². The summed E-state index contributed by atoms with van der Waals surface area (Å²) in [5, 5.41) is 9.53. The lowest BCUT2D eigenvalue weighted by molar-refractivity contribution is -0.122. The average molecular weight is 358 g/mol. The van der Waals surface area contributed by atoms with E-state index in [9.17, 15) is 4.79 Å². The summed E-state index contributed by atoms with van der Waals surface area (Å²) >= 11 is 0. The van der Waals surface area contributed by atoms with Crippen molar-refractivity contribution in [1.29, 1.82) is 0 Å². The summed E-state index contributed by atoms with van der Waals surface area (Å²) in [6, 6.07) is 10.4. The molecule has 1 aromatic rings. The van der Waals surface area contributed by atoms with E-state index < -0.39 is 0 Å². The van der Waals surface area contributed by atoms with E-state index in [0.717, 1.165) is 44.9 Å². The number of nitrogens with zero attached hydrogens (tertiary/aromatic N) is 1. The standard InChI is InChI=1S/C20H30N4O2/c1-2-21-20(23-12-11-22-19(25)16-8-9-16)24-14-17-10-13-26-18(17)15-6-4-3-5-7-15/h3-7,16-18H,2,8-14H2,1H3,(H,22,25)(H2,21,23,24). The van der Waals surface area contributed by atoms with Crippen LogP contribution in [-0.2, 0) is 9.53 Å². The lowest BCUT2D eigenvalue weighted by atomic mass is 9.95. The smallest absolute Gasteiger partial charge is 0.223 e. The molecule has 1 aromatic carbocycles. The van der Waals surface area contributed by atoms with E-state index in [1.165, 1.54) is 5.56 Å². The highest BCUT2D eigenvalue weighted by molar-refractivity contribution is 5.81. The number of rotatable bonds is 8. The summed E-state index contributed by atoms with van der Waals surface area (Å²) in [5.41, 5.74) is 1.23. The van der Waals surface area contributed by atoms with Crippen LogP contribution < -0.4 is 16.0 Å². The molecule has 3 rings (SSSR count). The number of amides is 1. The minimum atomic E-state index is 0.126. The molecule has 26 heavy (non-hydrogen) atoms. The molecule has 2 aliphatic rings. The molecule has 1 amide bonds. The normalized spacial score (nSPS) is 22.9. The number of benzene rings is 1. The molecule has 1 saturated heterocycles. The van der Waals surface area contributed by atoms with E-state index in [0.29, 0.717) is 19.0 Å². The molecule has 1 aliphatic heterocycles. The number of carbonyl (C=O) groups is 1. The fourth-order valence-electron chi connectivity index (χ4n) is 3.24. The first-order valence-electron chi connectivity index (χ1n) is 9.74. The Balaban J connectivity index is 1.47. The Kier molecular flexibility index (Phi) is 6.89. The van der Waals surface area contributed by atoms with Crippen molar-refractivity contribution in [1.82, 2.24) is 16.0 Å². The minimum absolute atomic E-state index is 0.126. The van der Waals surface area contributed by atoms with E-state index in [4.69, 9.17) is 9.73 Å². The molecule has 6 nitrogen and oxygen atoms in total. The van der Waals surface area contributed by atoms with E-state index in [1.807, 2.05) is 6.07 Å². The Bertz CT molecular complexity index is 601. The van der Waals surface area contributed by atoms with Crippen molar-refractivity contribution in [2.45, 2.75) is 32.3 Å². The highest BCUT2D eigenvalue weighted by Crippen LogP contribution is 2.34. The maximum Gasteiger partial charge on any atom is 0.223 e. The first-order chi connectivity index (χ1) is 12.8. The van der Waals surface area contributed by atoms with Crippen molar-refractivity contribution in [3.05, 3.63) is 35.9 Å². The fourth-order valence-corrected chi connectivity index (χ4v) is 3.24. The Morgan fingerprint density at radius 2 is 1.88 bits per heavy atom. The Morgan fingerprint density at radius 3 is 2.62 bits per heavy atom. The summed E-state index contributed by atoms with van der Waals surface area (Å²) < 4.78 is 5.94. The number of carbonyl (C=O) groups excluding carboxylic acids is 1. The molecule has 0 radical (unpaired) electrons. The van der Waals surface area contributed by atoms with Gasteiger partial charge < -0.3 is 20.7 Å². The molecule has 1 saturated carbocycles. The molecule has 1 aliphatic carbocycles. The molecule has 0 spiro atoms. The predicted molar refractivity (Wildman–Crippen MR) is 103 cm³/mol. The summed E-state index contributed by atoms with van der Waals surface area (Å²) in [7, 11) is 0. The van der Waals surface area contributed by atoms with Crippen molar-refractivity contribution >= 4 is 11.9 Å². The lowest BCUT2D eigenvalue weighted by Crippen LogP contribution is -2.42. The summed E-state index contributed by atoms with van der Waals surface area (Å²) in [6.45, 7) is 5.67. The molecule has 2 atom stereocenters. The van der Waals surface area contributed by atoms with Crippen LogP contribution in [0, 0.1) is 11.8 Å². The SMILES string of the molecule is CCNC(=NCC1CCOC1c1ccccc1)NCCNC(=O)C1CC1. The van der Waals surface area contributed by atoms with Crippen LogP contribution in [0.1, 0.15) is 37.9 Å². The van der Waals surface area contributed by atoms with E-state index in [-0.39, 0.29) is 17.9 Å². The van der Waals surface area contributed by atoms with Crippen LogP contribution in [0.4, 0.5) is 0 Å². The van der Waals surface area contributed by atoms with E-state index in [2.05, 4.69) is 47.1 Å². The van der Waals surface area contributed by atoms with Gasteiger partial charge in [-0.05, 0) is 31.7 Å². The molecule has 3 N–H and O–H groups in total. The van der Waals surface area contributed by atoms with E-state index in [1.54, 1.807) is 0 Å². The molecular weight excluding hydrogens is 328 g/mol. The van der Waals surface area contributed by atoms with Crippen LogP contribution in [0.2, 0.25) is 0 Å². The summed E-state index contributed by atoms with van der Waals surface area (Å²) in [4.78, 5) is 16.4. The number of ether oxygens (including phenoxy) is 1. The van der Waals surface area contributed by atoms with Gasteiger partial charge in [-0.25, -0.2) is 0 Å². The van der Waals surface area contributed by atoms with Gasteiger partial charge >= 0.3 is 0 Å². The maximum atomic E-state index is 11.6. The minimum Gasteiger partial charge on any atom is -0.373 e. The monoisotopic (exact) mass is 358 g/mol. The summed E-state index contributed by atoms with van der Waals surface area (Å²) in [6.07, 6.45) is 3.23. The largest absolute Gasteiger partial charge is 0.373 e. The third-order valence-electron chi connectivity index (χ3n) is 4.84. The zero-order valence-corrected chi connectivity index (χ0v) is 15.5. The van der Waals surface area contributed by atoms with Crippen LogP contribution >= 0.6 is 0 Å². The number of nitrogens with one attached hydrogen (secondary N) is 3. The van der Waals surface area contributed by atoms with Gasteiger partial charge in [0.2, 0.25) is 5.91 Å². The predicted octanol–water partition coefficient (Wildman–Crippen LogP) is 1.85. The topological polar surface area (TPSA) is 74.8 Å². The van der Waals surface area contributed by atoms with Gasteiger partial charge in [0.25, 0.3) is 0 Å². The molecule has 142 valence electrons. The third kappa shape index (κ3) is 5.46. The molecule has 0 aromatic heterocycles. The van der Waals surface area contributed by atoms with Crippen molar-refractivity contribution in [3.63, 3.8) is 0 Å². The van der Waals surface area contributed by atoms with Gasteiger partial charge in [0.05, 0.1) is 6.10 Å². The van der Waals surface area contributed by atoms with Crippen LogP contribution in [0.5, 0.6) is 0 Å². The third-order valence-corrected chi connectivity index (χ3v) is 4.84. The molecule has 1 heterocycles. The molecule has 0 bridgehead atoms. The molecule has 2 fully saturated rings. The van der Waals surface area contributed by atoms with Gasteiger partial charge in [0.15, 0.2) is 5.96 Å². The van der Waals surface area contributed by atoms with Gasteiger partial charge in [-0.15, -0.1) is 0 Å². The molecule has 6 heteroatoms. The summed E-state index contributed by atoms with van der Waals surface area (Å²) in [5.74, 6) is 1.63. The number of hydrogen-bond acceptors (Lipinski definition) is 3. The van der Waals surface area contributed by atoms with Crippen molar-refractivity contribution < 1.29 is 9.53 Å². The maximum absolute atomic E-state index is 11.6. The van der Waals surface area contributed by atoms with Gasteiger partial charge in [0, 0.05) is 44.6 Å². The van der Waals surface area contributed by atoms with Crippen molar-refractivity contribution in [2.24, 2.45) is 16.8 Å². The number of aliphatic imine (C=N–C) groups is 1.